The second kappa shape index (κ2) is 11.0. The van der Waals surface area contributed by atoms with Gasteiger partial charge in [-0.1, -0.05) is 30.3 Å². The maximum absolute atomic E-state index is 12.7. The van der Waals surface area contributed by atoms with Gasteiger partial charge in [0.1, 0.15) is 12.4 Å². The lowest BCUT2D eigenvalue weighted by molar-refractivity contribution is -0.140. The molecule has 144 valence electrons. The number of carbonyl (C=O) groups is 2. The summed E-state index contributed by atoms with van der Waals surface area (Å²) in [6.07, 6.45) is 0.567. The molecule has 0 radical (unpaired) electrons. The number of benzene rings is 2. The van der Waals surface area contributed by atoms with Crippen LogP contribution < -0.4 is 4.74 Å². The molecule has 2 aromatic carbocycles. The summed E-state index contributed by atoms with van der Waals surface area (Å²) in [4.78, 5) is 25.6. The van der Waals surface area contributed by atoms with Crippen molar-refractivity contribution in [1.82, 2.24) is 4.90 Å². The molecule has 0 fully saturated rings. The molecule has 6 heteroatoms. The van der Waals surface area contributed by atoms with Gasteiger partial charge in [-0.3, -0.25) is 9.59 Å². The molecule has 0 heterocycles. The lowest BCUT2D eigenvalue weighted by Crippen LogP contribution is -2.34. The van der Waals surface area contributed by atoms with Gasteiger partial charge in [0, 0.05) is 25.3 Å². The SMILES string of the molecule is COC(=O)CCN(CCCO)C(=O)c1ccc(OCc2ccccc2)cc1. The molecule has 27 heavy (non-hydrogen) atoms. The van der Waals surface area contributed by atoms with E-state index in [0.717, 1.165) is 5.56 Å². The number of amides is 1. The third kappa shape index (κ3) is 6.75. The van der Waals surface area contributed by atoms with Crippen LogP contribution in [0.25, 0.3) is 0 Å². The molecule has 2 aromatic rings. The van der Waals surface area contributed by atoms with E-state index in [1.54, 1.807) is 29.2 Å². The Morgan fingerprint density at radius 1 is 1.00 bits per heavy atom. The number of aliphatic hydroxyl groups is 1. The van der Waals surface area contributed by atoms with Crippen LogP contribution in [0.5, 0.6) is 5.75 Å². The van der Waals surface area contributed by atoms with Gasteiger partial charge in [-0.25, -0.2) is 0 Å². The van der Waals surface area contributed by atoms with Crippen molar-refractivity contribution in [2.75, 3.05) is 26.8 Å². The van der Waals surface area contributed by atoms with E-state index in [2.05, 4.69) is 4.74 Å². The smallest absolute Gasteiger partial charge is 0.307 e. The highest BCUT2D eigenvalue weighted by molar-refractivity contribution is 5.94. The number of methoxy groups -OCH3 is 1. The van der Waals surface area contributed by atoms with Crippen molar-refractivity contribution in [1.29, 1.82) is 0 Å². The van der Waals surface area contributed by atoms with Crippen LogP contribution in [-0.4, -0.2) is 48.7 Å². The average molecular weight is 371 g/mol. The summed E-state index contributed by atoms with van der Waals surface area (Å²) < 4.78 is 10.4. The fraction of sp³-hybridized carbons (Fsp3) is 0.333. The predicted octanol–water partition coefficient (Wildman–Crippen LogP) is 2.65. The highest BCUT2D eigenvalue weighted by Gasteiger charge is 2.17. The molecule has 0 aliphatic rings. The van der Waals surface area contributed by atoms with Crippen LogP contribution in [0.3, 0.4) is 0 Å². The first-order valence-electron chi connectivity index (χ1n) is 8.87. The number of rotatable bonds is 10. The average Bonchev–Trinajstić information content (AvgIpc) is 2.72. The Labute approximate surface area is 159 Å². The van der Waals surface area contributed by atoms with Crippen LogP contribution in [0.2, 0.25) is 0 Å². The van der Waals surface area contributed by atoms with Crippen LogP contribution in [0, 0.1) is 0 Å². The number of esters is 1. The topological polar surface area (TPSA) is 76.1 Å². The van der Waals surface area contributed by atoms with Crippen molar-refractivity contribution in [3.05, 3.63) is 65.7 Å². The third-order valence-corrected chi connectivity index (χ3v) is 4.04. The summed E-state index contributed by atoms with van der Waals surface area (Å²) in [6, 6.07) is 16.7. The van der Waals surface area contributed by atoms with Gasteiger partial charge in [0.2, 0.25) is 0 Å². The maximum atomic E-state index is 12.7. The standard InChI is InChI=1S/C21H25NO5/c1-26-20(24)12-14-22(13-5-15-23)21(25)18-8-10-19(11-9-18)27-16-17-6-3-2-4-7-17/h2-4,6-11,23H,5,12-16H2,1H3. The van der Waals surface area contributed by atoms with Gasteiger partial charge in [-0.05, 0) is 36.2 Å². The van der Waals surface area contributed by atoms with Crippen molar-refractivity contribution in [3.8, 4) is 5.75 Å². The molecule has 0 aromatic heterocycles. The van der Waals surface area contributed by atoms with Crippen molar-refractivity contribution >= 4 is 11.9 Å². The first kappa shape index (κ1) is 20.5. The van der Waals surface area contributed by atoms with Gasteiger partial charge >= 0.3 is 5.97 Å². The molecule has 0 bridgehead atoms. The Balaban J connectivity index is 1.96. The zero-order valence-corrected chi connectivity index (χ0v) is 15.5. The molecule has 0 unspecified atom stereocenters. The second-order valence-corrected chi connectivity index (χ2v) is 5.99. The Hall–Kier alpha value is -2.86. The fourth-order valence-electron chi connectivity index (χ4n) is 2.52. The summed E-state index contributed by atoms with van der Waals surface area (Å²) in [7, 11) is 1.32. The van der Waals surface area contributed by atoms with E-state index in [-0.39, 0.29) is 31.4 Å². The quantitative estimate of drug-likeness (QED) is 0.650. The van der Waals surface area contributed by atoms with Gasteiger partial charge < -0.3 is 19.5 Å². The first-order chi connectivity index (χ1) is 13.1. The summed E-state index contributed by atoms with van der Waals surface area (Å²) in [5, 5.41) is 9.03. The minimum atomic E-state index is -0.374. The first-order valence-corrected chi connectivity index (χ1v) is 8.87. The minimum absolute atomic E-state index is 0.0196. The van der Waals surface area contributed by atoms with E-state index >= 15 is 0 Å². The van der Waals surface area contributed by atoms with Crippen LogP contribution in [0.4, 0.5) is 0 Å². The molecular formula is C21H25NO5. The van der Waals surface area contributed by atoms with E-state index < -0.39 is 0 Å². The lowest BCUT2D eigenvalue weighted by atomic mass is 10.1. The van der Waals surface area contributed by atoms with Crippen LogP contribution in [0.15, 0.2) is 54.6 Å². The van der Waals surface area contributed by atoms with Crippen molar-refractivity contribution in [3.63, 3.8) is 0 Å². The van der Waals surface area contributed by atoms with Gasteiger partial charge in [-0.15, -0.1) is 0 Å². The Morgan fingerprint density at radius 3 is 2.33 bits per heavy atom. The zero-order chi connectivity index (χ0) is 19.5. The Kier molecular flexibility index (Phi) is 8.32. The molecular weight excluding hydrogens is 346 g/mol. The number of ether oxygens (including phenoxy) is 2. The molecule has 0 aliphatic heterocycles. The monoisotopic (exact) mass is 371 g/mol. The molecule has 0 saturated heterocycles. The Bertz CT molecular complexity index is 715. The number of hydrogen-bond acceptors (Lipinski definition) is 5. The van der Waals surface area contributed by atoms with Crippen molar-refractivity contribution in [2.45, 2.75) is 19.4 Å². The molecule has 0 atom stereocenters. The van der Waals surface area contributed by atoms with E-state index in [1.807, 2.05) is 30.3 Å². The summed E-state index contributed by atoms with van der Waals surface area (Å²) in [6.45, 7) is 1.06. The van der Waals surface area contributed by atoms with E-state index in [1.165, 1.54) is 7.11 Å². The van der Waals surface area contributed by atoms with Gasteiger partial charge in [-0.2, -0.15) is 0 Å². The second-order valence-electron chi connectivity index (χ2n) is 5.99. The van der Waals surface area contributed by atoms with Gasteiger partial charge in [0.25, 0.3) is 5.91 Å². The van der Waals surface area contributed by atoms with Gasteiger partial charge in [0.05, 0.1) is 13.5 Å². The summed E-state index contributed by atoms with van der Waals surface area (Å²) in [5.74, 6) is 0.107. The van der Waals surface area contributed by atoms with Crippen LogP contribution in [0.1, 0.15) is 28.8 Å². The van der Waals surface area contributed by atoms with E-state index in [9.17, 15) is 9.59 Å². The minimum Gasteiger partial charge on any atom is -0.489 e. The van der Waals surface area contributed by atoms with Crippen molar-refractivity contribution < 1.29 is 24.2 Å². The number of aliphatic hydroxyl groups excluding tert-OH is 1. The molecule has 6 nitrogen and oxygen atoms in total. The molecule has 2 rings (SSSR count). The van der Waals surface area contributed by atoms with Crippen LogP contribution in [-0.2, 0) is 16.1 Å². The number of carbonyl (C=O) groups excluding carboxylic acids is 2. The molecule has 0 aliphatic carbocycles. The van der Waals surface area contributed by atoms with Gasteiger partial charge in [0.15, 0.2) is 0 Å². The molecule has 0 spiro atoms. The lowest BCUT2D eigenvalue weighted by Gasteiger charge is -2.22. The van der Waals surface area contributed by atoms with Crippen LogP contribution >= 0.6 is 0 Å². The Morgan fingerprint density at radius 2 is 1.70 bits per heavy atom. The highest BCUT2D eigenvalue weighted by Crippen LogP contribution is 2.16. The zero-order valence-electron chi connectivity index (χ0n) is 15.5. The number of hydrogen-bond donors (Lipinski definition) is 1. The largest absolute Gasteiger partial charge is 0.489 e. The van der Waals surface area contributed by atoms with E-state index in [4.69, 9.17) is 9.84 Å². The summed E-state index contributed by atoms with van der Waals surface area (Å²) >= 11 is 0. The van der Waals surface area contributed by atoms with E-state index in [0.29, 0.717) is 30.9 Å². The maximum Gasteiger partial charge on any atom is 0.307 e. The molecule has 1 amide bonds. The highest BCUT2D eigenvalue weighted by atomic mass is 16.5. The van der Waals surface area contributed by atoms with Crippen molar-refractivity contribution in [2.24, 2.45) is 0 Å². The fourth-order valence-corrected chi connectivity index (χ4v) is 2.52. The summed E-state index contributed by atoms with van der Waals surface area (Å²) in [5.41, 5.74) is 1.57. The molecule has 0 saturated carbocycles. The predicted molar refractivity (Wildman–Crippen MR) is 101 cm³/mol. The normalized spacial score (nSPS) is 10.3. The number of nitrogens with zero attached hydrogens (tertiary/aromatic N) is 1. The third-order valence-electron chi connectivity index (χ3n) is 4.04. The molecule has 1 N–H and O–H groups in total.